The van der Waals surface area contributed by atoms with Gasteiger partial charge in [-0.25, -0.2) is 5.01 Å². The van der Waals surface area contributed by atoms with Gasteiger partial charge < -0.3 is 9.47 Å². The number of nitrogens with one attached hydrogen (secondary N) is 1. The van der Waals surface area contributed by atoms with Crippen LogP contribution in [0.3, 0.4) is 0 Å². The maximum Gasteiger partial charge on any atom is 0.275 e. The highest BCUT2D eigenvalue weighted by Crippen LogP contribution is 2.28. The molecular formula is C13H16Cl2N2O3. The van der Waals surface area contributed by atoms with Crippen LogP contribution >= 0.6 is 23.2 Å². The van der Waals surface area contributed by atoms with Crippen LogP contribution in [0.2, 0.25) is 10.0 Å². The zero-order valence-electron chi connectivity index (χ0n) is 11.1. The van der Waals surface area contributed by atoms with Crippen LogP contribution in [0.4, 0.5) is 0 Å². The van der Waals surface area contributed by atoms with Crippen LogP contribution in [-0.2, 0) is 9.53 Å². The molecule has 0 aliphatic carbocycles. The average molecular weight is 319 g/mol. The second kappa shape index (κ2) is 7.13. The zero-order valence-corrected chi connectivity index (χ0v) is 12.6. The Kier molecular flexibility index (Phi) is 5.48. The highest BCUT2D eigenvalue weighted by molar-refractivity contribution is 6.35. The van der Waals surface area contributed by atoms with Crippen molar-refractivity contribution in [1.82, 2.24) is 10.4 Å². The molecule has 1 N–H and O–H groups in total. The van der Waals surface area contributed by atoms with E-state index < -0.39 is 6.10 Å². The number of hydrazine groups is 1. The van der Waals surface area contributed by atoms with E-state index in [1.807, 2.05) is 5.01 Å². The predicted octanol–water partition coefficient (Wildman–Crippen LogP) is 2.12. The van der Waals surface area contributed by atoms with Crippen molar-refractivity contribution in [2.75, 3.05) is 26.3 Å². The molecule has 20 heavy (non-hydrogen) atoms. The van der Waals surface area contributed by atoms with E-state index in [-0.39, 0.29) is 5.91 Å². The minimum absolute atomic E-state index is 0.224. The average Bonchev–Trinajstić information content (AvgIpc) is 2.43. The third-order valence-corrected chi connectivity index (χ3v) is 3.38. The Morgan fingerprint density at radius 2 is 2.10 bits per heavy atom. The molecule has 0 bridgehead atoms. The lowest BCUT2D eigenvalue weighted by Gasteiger charge is -2.28. The summed E-state index contributed by atoms with van der Waals surface area (Å²) in [5, 5.41) is 2.71. The van der Waals surface area contributed by atoms with E-state index in [1.54, 1.807) is 25.1 Å². The van der Waals surface area contributed by atoms with Gasteiger partial charge in [-0.3, -0.25) is 10.2 Å². The zero-order chi connectivity index (χ0) is 14.5. The number of halogens is 2. The summed E-state index contributed by atoms with van der Waals surface area (Å²) < 4.78 is 10.8. The SMILES string of the molecule is CC(Oc1ccc(Cl)cc1Cl)C(=O)NN1CCOCC1. The lowest BCUT2D eigenvalue weighted by atomic mass is 10.3. The van der Waals surface area contributed by atoms with Crippen molar-refractivity contribution in [2.24, 2.45) is 0 Å². The smallest absolute Gasteiger partial charge is 0.275 e. The van der Waals surface area contributed by atoms with Gasteiger partial charge in [-0.2, -0.15) is 0 Å². The summed E-state index contributed by atoms with van der Waals surface area (Å²) in [4.78, 5) is 12.0. The number of benzene rings is 1. The minimum Gasteiger partial charge on any atom is -0.479 e. The van der Waals surface area contributed by atoms with Crippen molar-refractivity contribution in [2.45, 2.75) is 13.0 Å². The van der Waals surface area contributed by atoms with Crippen molar-refractivity contribution in [1.29, 1.82) is 0 Å². The number of hydrogen-bond donors (Lipinski definition) is 1. The van der Waals surface area contributed by atoms with Crippen LogP contribution in [0.5, 0.6) is 5.75 Å². The minimum atomic E-state index is -0.656. The van der Waals surface area contributed by atoms with Gasteiger partial charge in [-0.05, 0) is 25.1 Å². The number of amides is 1. The lowest BCUT2D eigenvalue weighted by molar-refractivity contribution is -0.134. The predicted molar refractivity (Wildman–Crippen MR) is 77.1 cm³/mol. The number of ether oxygens (including phenoxy) is 2. The molecule has 1 amide bonds. The van der Waals surface area contributed by atoms with Gasteiger partial charge >= 0.3 is 0 Å². The first-order valence-electron chi connectivity index (χ1n) is 6.31. The fraction of sp³-hybridized carbons (Fsp3) is 0.462. The number of morpholine rings is 1. The van der Waals surface area contributed by atoms with Gasteiger partial charge in [0.1, 0.15) is 5.75 Å². The van der Waals surface area contributed by atoms with Crippen molar-refractivity contribution in [3.8, 4) is 5.75 Å². The molecule has 5 nitrogen and oxygen atoms in total. The molecule has 1 fully saturated rings. The molecule has 1 aliphatic heterocycles. The molecule has 0 saturated carbocycles. The molecule has 1 unspecified atom stereocenters. The first-order chi connectivity index (χ1) is 9.56. The molecule has 1 aromatic rings. The van der Waals surface area contributed by atoms with Crippen LogP contribution in [0.1, 0.15) is 6.92 Å². The molecule has 110 valence electrons. The summed E-state index contributed by atoms with van der Waals surface area (Å²) >= 11 is 11.8. The van der Waals surface area contributed by atoms with Crippen molar-refractivity contribution in [3.63, 3.8) is 0 Å². The molecule has 7 heteroatoms. The summed E-state index contributed by atoms with van der Waals surface area (Å²) in [6, 6.07) is 4.88. The van der Waals surface area contributed by atoms with Crippen LogP contribution in [0.15, 0.2) is 18.2 Å². The molecular weight excluding hydrogens is 303 g/mol. The van der Waals surface area contributed by atoms with E-state index >= 15 is 0 Å². The molecule has 1 heterocycles. The summed E-state index contributed by atoms with van der Waals surface area (Å²) in [5.41, 5.74) is 2.79. The van der Waals surface area contributed by atoms with Gasteiger partial charge in [0.25, 0.3) is 5.91 Å². The standard InChI is InChI=1S/C13H16Cl2N2O3/c1-9(13(18)16-17-4-6-19-7-5-17)20-12-3-2-10(14)8-11(12)15/h2-3,8-9H,4-7H2,1H3,(H,16,18). The van der Waals surface area contributed by atoms with E-state index in [9.17, 15) is 4.79 Å². The molecule has 1 saturated heterocycles. The third kappa shape index (κ3) is 4.24. The van der Waals surface area contributed by atoms with Crippen LogP contribution in [0, 0.1) is 0 Å². The van der Waals surface area contributed by atoms with E-state index in [0.717, 1.165) is 0 Å². The van der Waals surface area contributed by atoms with Gasteiger partial charge in [0.15, 0.2) is 6.10 Å². The fourth-order valence-electron chi connectivity index (χ4n) is 1.74. The number of carbonyl (C=O) groups is 1. The Bertz CT molecular complexity index is 479. The van der Waals surface area contributed by atoms with E-state index in [0.29, 0.717) is 42.1 Å². The molecule has 1 atom stereocenters. The van der Waals surface area contributed by atoms with E-state index in [4.69, 9.17) is 32.7 Å². The highest BCUT2D eigenvalue weighted by atomic mass is 35.5. The first-order valence-corrected chi connectivity index (χ1v) is 7.07. The summed E-state index contributed by atoms with van der Waals surface area (Å²) in [5.74, 6) is 0.207. The Balaban J connectivity index is 1.89. The normalized spacial score (nSPS) is 17.6. The number of hydrogen-bond acceptors (Lipinski definition) is 4. The topological polar surface area (TPSA) is 50.8 Å². The fourth-order valence-corrected chi connectivity index (χ4v) is 2.19. The summed E-state index contributed by atoms with van der Waals surface area (Å²) in [6.45, 7) is 4.22. The molecule has 0 spiro atoms. The number of carbonyl (C=O) groups excluding carboxylic acids is 1. The number of rotatable bonds is 4. The summed E-state index contributed by atoms with van der Waals surface area (Å²) in [6.07, 6.45) is -0.656. The molecule has 0 aromatic heterocycles. The monoisotopic (exact) mass is 318 g/mol. The van der Waals surface area contributed by atoms with Gasteiger partial charge in [0.2, 0.25) is 0 Å². The maximum absolute atomic E-state index is 12.0. The second-order valence-corrected chi connectivity index (χ2v) is 5.25. The largest absolute Gasteiger partial charge is 0.479 e. The van der Waals surface area contributed by atoms with Crippen LogP contribution in [-0.4, -0.2) is 43.3 Å². The highest BCUT2D eigenvalue weighted by Gasteiger charge is 2.20. The first kappa shape index (κ1) is 15.4. The quantitative estimate of drug-likeness (QED) is 0.924. The lowest BCUT2D eigenvalue weighted by Crippen LogP contribution is -2.51. The Hall–Kier alpha value is -1.01. The number of nitrogens with zero attached hydrogens (tertiary/aromatic N) is 1. The van der Waals surface area contributed by atoms with Gasteiger partial charge in [-0.15, -0.1) is 0 Å². The molecule has 1 aromatic carbocycles. The van der Waals surface area contributed by atoms with Crippen molar-refractivity contribution in [3.05, 3.63) is 28.2 Å². The molecule has 1 aliphatic rings. The second-order valence-electron chi connectivity index (χ2n) is 4.41. The third-order valence-electron chi connectivity index (χ3n) is 2.85. The maximum atomic E-state index is 12.0. The Labute approximate surface area is 127 Å². The summed E-state index contributed by atoms with van der Waals surface area (Å²) in [7, 11) is 0. The Morgan fingerprint density at radius 3 is 2.75 bits per heavy atom. The molecule has 2 rings (SSSR count). The van der Waals surface area contributed by atoms with Gasteiger partial charge in [-0.1, -0.05) is 23.2 Å². The van der Waals surface area contributed by atoms with Crippen LogP contribution < -0.4 is 10.2 Å². The Morgan fingerprint density at radius 1 is 1.40 bits per heavy atom. The van der Waals surface area contributed by atoms with E-state index in [2.05, 4.69) is 5.43 Å². The molecule has 0 radical (unpaired) electrons. The van der Waals surface area contributed by atoms with Crippen LogP contribution in [0.25, 0.3) is 0 Å². The van der Waals surface area contributed by atoms with E-state index in [1.165, 1.54) is 0 Å². The van der Waals surface area contributed by atoms with Crippen molar-refractivity contribution >= 4 is 29.1 Å². The van der Waals surface area contributed by atoms with Gasteiger partial charge in [0.05, 0.1) is 18.2 Å². The van der Waals surface area contributed by atoms with Gasteiger partial charge in [0, 0.05) is 18.1 Å². The van der Waals surface area contributed by atoms with Crippen molar-refractivity contribution < 1.29 is 14.3 Å².